The summed E-state index contributed by atoms with van der Waals surface area (Å²) in [5.41, 5.74) is 20.9. The summed E-state index contributed by atoms with van der Waals surface area (Å²) in [5.74, 6) is 0. The van der Waals surface area contributed by atoms with E-state index in [1.54, 1.807) is 0 Å². The van der Waals surface area contributed by atoms with E-state index in [0.29, 0.717) is 0 Å². The van der Waals surface area contributed by atoms with Crippen LogP contribution in [0.25, 0.3) is 0 Å². The molecule has 12 heteroatoms. The largest absolute Gasteiger partial charge is 0.375 e. The SMILES string of the molecule is CNC1C=CC(=Nc2ccc(Nc3ccc(Nc4ccc(NC5C=CC(=Nc6ccc(Nc7ccc(Nc8ccc(NC9C=CC(=Nc%10ccc(Nc%11ccc(Nc%12ccc(C)cc%12)cc%11)cc%10)C=C9)cc8)cc7)cc6)C=C5)cc4)cc3)cc2)C=C1. The first-order valence-corrected chi connectivity index (χ1v) is 28.8. The summed E-state index contributed by atoms with van der Waals surface area (Å²) in [6, 6.07) is 74.8. The van der Waals surface area contributed by atoms with Crippen molar-refractivity contribution >= 4 is 114 Å². The normalized spacial score (nSPS) is 15.6. The molecule has 0 aromatic heterocycles. The van der Waals surface area contributed by atoms with Gasteiger partial charge in [0.15, 0.2) is 0 Å². The van der Waals surface area contributed by atoms with E-state index in [4.69, 9.17) is 15.0 Å². The number of anilines is 14. The van der Waals surface area contributed by atoms with Gasteiger partial charge in [-0.1, -0.05) is 54.2 Å². The van der Waals surface area contributed by atoms with Crippen LogP contribution in [0.1, 0.15) is 5.56 Å². The van der Waals surface area contributed by atoms with E-state index >= 15 is 0 Å². The van der Waals surface area contributed by atoms with Crippen molar-refractivity contribution in [3.05, 3.63) is 297 Å². The quantitative estimate of drug-likeness (QED) is 0.0364. The van der Waals surface area contributed by atoms with Crippen molar-refractivity contribution in [2.75, 3.05) is 49.6 Å². The van der Waals surface area contributed by atoms with Gasteiger partial charge in [-0.25, -0.2) is 15.0 Å². The minimum atomic E-state index is 0.0517. The minimum absolute atomic E-state index is 0.0517. The summed E-state index contributed by atoms with van der Waals surface area (Å²) in [6.07, 6.45) is 25.0. The van der Waals surface area contributed by atoms with Crippen molar-refractivity contribution in [1.29, 1.82) is 0 Å². The van der Waals surface area contributed by atoms with Crippen LogP contribution < -0.4 is 47.9 Å². The lowest BCUT2D eigenvalue weighted by molar-refractivity contribution is 0.789. The number of allylic oxidation sites excluding steroid dienone is 6. The molecule has 0 saturated carbocycles. The molecule has 12 nitrogen and oxygen atoms in total. The highest BCUT2D eigenvalue weighted by Crippen LogP contribution is 2.29. The Morgan fingerprint density at radius 3 is 0.640 bits per heavy atom. The molecule has 0 radical (unpaired) electrons. The van der Waals surface area contributed by atoms with Crippen LogP contribution in [0.2, 0.25) is 0 Å². The average Bonchev–Trinajstić information content (AvgIpc) is 3.64. The number of aryl methyl sites for hydroxylation is 1. The molecule has 0 unspecified atom stereocenters. The summed E-state index contributed by atoms with van der Waals surface area (Å²) in [5, 5.41) is 31.3. The molecule has 0 aliphatic heterocycles. The topological polar surface area (TPSA) is 145 Å². The van der Waals surface area contributed by atoms with Crippen LogP contribution >= 0.6 is 0 Å². The lowest BCUT2D eigenvalue weighted by atomic mass is 10.1. The maximum absolute atomic E-state index is 4.87. The lowest BCUT2D eigenvalue weighted by Gasteiger charge is -2.16. The molecule has 0 heterocycles. The van der Waals surface area contributed by atoms with E-state index in [9.17, 15) is 0 Å². The molecule has 0 spiro atoms. The fourth-order valence-corrected chi connectivity index (χ4v) is 9.72. The number of aliphatic imine (C=N–C) groups is 3. The maximum Gasteiger partial charge on any atom is 0.0638 e. The molecule has 12 rings (SSSR count). The Hall–Kier alpha value is -11.2. The van der Waals surface area contributed by atoms with Crippen LogP contribution in [-0.4, -0.2) is 42.3 Å². The molecule has 0 amide bonds. The Bertz CT molecular complexity index is 3980. The number of nitrogens with one attached hydrogen (secondary N) is 9. The fourth-order valence-electron chi connectivity index (χ4n) is 9.72. The van der Waals surface area contributed by atoms with Crippen LogP contribution in [0.15, 0.2) is 306 Å². The van der Waals surface area contributed by atoms with E-state index in [1.165, 1.54) is 5.56 Å². The summed E-state index contributed by atoms with van der Waals surface area (Å²) in [4.78, 5) is 14.5. The molecule has 9 aromatic carbocycles. The summed E-state index contributed by atoms with van der Waals surface area (Å²) >= 11 is 0. The monoisotopic (exact) mass is 1120 g/mol. The van der Waals surface area contributed by atoms with E-state index in [-0.39, 0.29) is 18.1 Å². The Morgan fingerprint density at radius 2 is 0.419 bits per heavy atom. The molecule has 0 saturated heterocycles. The maximum atomic E-state index is 4.87. The van der Waals surface area contributed by atoms with Crippen LogP contribution in [-0.2, 0) is 0 Å². The number of rotatable bonds is 20. The van der Waals surface area contributed by atoms with Gasteiger partial charge in [0.25, 0.3) is 0 Å². The van der Waals surface area contributed by atoms with Gasteiger partial charge in [-0.15, -0.1) is 0 Å². The van der Waals surface area contributed by atoms with Crippen LogP contribution in [0.3, 0.4) is 0 Å². The smallest absolute Gasteiger partial charge is 0.0638 e. The number of hydrogen-bond acceptors (Lipinski definition) is 12. The molecule has 3 aliphatic rings. The van der Waals surface area contributed by atoms with Gasteiger partial charge in [0.2, 0.25) is 0 Å². The molecular formula is C74H66N12. The Morgan fingerprint density at radius 1 is 0.233 bits per heavy atom. The molecule has 86 heavy (non-hydrogen) atoms. The highest BCUT2D eigenvalue weighted by atomic mass is 14.9. The highest BCUT2D eigenvalue weighted by Gasteiger charge is 2.10. The first kappa shape index (κ1) is 55.3. The molecule has 0 bridgehead atoms. The summed E-state index contributed by atoms with van der Waals surface area (Å²) in [7, 11) is 1.95. The third kappa shape index (κ3) is 15.7. The van der Waals surface area contributed by atoms with Gasteiger partial charge in [0, 0.05) is 85.7 Å². The number of benzene rings is 9. The van der Waals surface area contributed by atoms with Crippen molar-refractivity contribution in [3.63, 3.8) is 0 Å². The standard InChI is InChI=1S/C74H66N12/c1-51-3-5-53(6-4-51)76-55-11-13-57(14-12-55)78-59-19-21-61(22-20-59)80-63-27-29-65(30-28-63)82-67-35-37-69(38-36-67)84-71-43-45-73(46-44-71)86-74-49-47-72(48-50-74)85-70-41-39-68(40-42-70)83-66-33-31-64(32-34-66)81-62-25-23-60(24-26-62)79-58-17-15-56(16-18-58)77-54-9-7-52(75-2)8-10-54/h3-50,52,65,68,75-76,78-79,81-84,86H,1-2H3. The Kier molecular flexibility index (Phi) is 17.2. The molecule has 9 aromatic rings. The minimum Gasteiger partial charge on any atom is -0.375 e. The van der Waals surface area contributed by atoms with E-state index in [2.05, 4.69) is 285 Å². The first-order chi connectivity index (χ1) is 42.3. The van der Waals surface area contributed by atoms with Gasteiger partial charge in [-0.2, -0.15) is 0 Å². The van der Waals surface area contributed by atoms with Crippen molar-refractivity contribution in [2.24, 2.45) is 15.0 Å². The predicted octanol–water partition coefficient (Wildman–Crippen LogP) is 18.6. The average molecular weight is 1120 g/mol. The van der Waals surface area contributed by atoms with Crippen molar-refractivity contribution in [3.8, 4) is 0 Å². The number of likely N-dealkylation sites (N-methyl/N-ethyl adjacent to an activating group) is 1. The van der Waals surface area contributed by atoms with Gasteiger partial charge in [-0.05, 0) is 257 Å². The second-order valence-corrected chi connectivity index (χ2v) is 21.1. The van der Waals surface area contributed by atoms with Gasteiger partial charge in [-0.3, -0.25) is 0 Å². The second kappa shape index (κ2) is 26.8. The zero-order valence-corrected chi connectivity index (χ0v) is 47.8. The Labute approximate surface area is 503 Å². The van der Waals surface area contributed by atoms with Gasteiger partial charge in [0.1, 0.15) is 0 Å². The van der Waals surface area contributed by atoms with Crippen LogP contribution in [0, 0.1) is 6.92 Å². The third-order valence-corrected chi connectivity index (χ3v) is 14.4. The number of nitrogens with zero attached hydrogens (tertiary/aromatic N) is 3. The molecule has 422 valence electrons. The second-order valence-electron chi connectivity index (χ2n) is 21.1. The number of hydrogen-bond donors (Lipinski definition) is 9. The van der Waals surface area contributed by atoms with Gasteiger partial charge < -0.3 is 47.9 Å². The lowest BCUT2D eigenvalue weighted by Crippen LogP contribution is -2.22. The van der Waals surface area contributed by atoms with Crippen molar-refractivity contribution in [1.82, 2.24) is 5.32 Å². The summed E-state index contributed by atoms with van der Waals surface area (Å²) in [6.45, 7) is 2.09. The van der Waals surface area contributed by atoms with E-state index in [1.807, 2.05) is 67.7 Å². The van der Waals surface area contributed by atoms with Crippen LogP contribution in [0.5, 0.6) is 0 Å². The zero-order valence-electron chi connectivity index (χ0n) is 47.8. The first-order valence-electron chi connectivity index (χ1n) is 28.8. The molecule has 0 atom stereocenters. The van der Waals surface area contributed by atoms with Crippen molar-refractivity contribution < 1.29 is 0 Å². The van der Waals surface area contributed by atoms with Gasteiger partial charge in [0.05, 0.1) is 46.3 Å². The Balaban J connectivity index is 0.541. The van der Waals surface area contributed by atoms with Gasteiger partial charge >= 0.3 is 0 Å². The van der Waals surface area contributed by atoms with Crippen molar-refractivity contribution in [2.45, 2.75) is 25.0 Å². The highest BCUT2D eigenvalue weighted by molar-refractivity contribution is 6.07. The zero-order chi connectivity index (χ0) is 58.3. The molecule has 0 fully saturated rings. The van der Waals surface area contributed by atoms with Crippen LogP contribution in [0.4, 0.5) is 96.7 Å². The van der Waals surface area contributed by atoms with E-state index < -0.39 is 0 Å². The molecule has 3 aliphatic carbocycles. The fraction of sp³-hybridized carbons (Fsp3) is 0.0676. The molecule has 9 N–H and O–H groups in total. The summed E-state index contributed by atoms with van der Waals surface area (Å²) < 4.78 is 0. The third-order valence-electron chi connectivity index (χ3n) is 14.4. The van der Waals surface area contributed by atoms with E-state index in [0.717, 1.165) is 114 Å². The molecular weight excluding hydrogens is 1060 g/mol. The predicted molar refractivity (Wildman–Crippen MR) is 366 cm³/mol.